The van der Waals surface area contributed by atoms with Gasteiger partial charge in [-0.15, -0.1) is 0 Å². The number of rotatable bonds is 3. The molecule has 4 nitrogen and oxygen atoms in total. The Morgan fingerprint density at radius 3 is 2.87 bits per heavy atom. The van der Waals surface area contributed by atoms with E-state index in [4.69, 9.17) is 4.74 Å². The number of hydrogen-bond donors (Lipinski definition) is 0. The minimum Gasteiger partial charge on any atom is -0.497 e. The molecule has 0 bridgehead atoms. The van der Waals surface area contributed by atoms with Crippen molar-refractivity contribution in [3.8, 4) is 28.1 Å². The van der Waals surface area contributed by atoms with Crippen LogP contribution in [-0.2, 0) is 6.54 Å². The van der Waals surface area contributed by atoms with Gasteiger partial charge in [-0.2, -0.15) is 0 Å². The lowest BCUT2D eigenvalue weighted by Crippen LogP contribution is -1.94. The van der Waals surface area contributed by atoms with Crippen LogP contribution < -0.4 is 4.74 Å². The maximum Gasteiger partial charge on any atom is 0.119 e. The summed E-state index contributed by atoms with van der Waals surface area (Å²) in [6, 6.07) is 14.1. The first-order valence-electron chi connectivity index (χ1n) is 7.44. The van der Waals surface area contributed by atoms with Crippen LogP contribution in [-0.4, -0.2) is 23.3 Å². The summed E-state index contributed by atoms with van der Waals surface area (Å²) in [4.78, 5) is 13.4. The molecule has 0 radical (unpaired) electrons. The number of benzene rings is 1. The van der Waals surface area contributed by atoms with Crippen molar-refractivity contribution in [1.82, 2.24) is 9.97 Å². The van der Waals surface area contributed by atoms with Gasteiger partial charge in [0.15, 0.2) is 0 Å². The zero-order valence-corrected chi connectivity index (χ0v) is 12.7. The molecule has 2 aromatic heterocycles. The van der Waals surface area contributed by atoms with E-state index in [2.05, 4.69) is 27.1 Å². The number of aromatic nitrogens is 2. The van der Waals surface area contributed by atoms with Crippen LogP contribution in [0.25, 0.3) is 22.4 Å². The van der Waals surface area contributed by atoms with Crippen molar-refractivity contribution in [1.29, 1.82) is 0 Å². The maximum atomic E-state index is 5.32. The smallest absolute Gasteiger partial charge is 0.119 e. The third kappa shape index (κ3) is 2.48. The Kier molecular flexibility index (Phi) is 3.35. The standard InChI is InChI=1S/C19H15N3O/c1-23-16-5-2-4-13(9-16)19-17(6-3-7-21-19)14-8-15-10-20-12-18(15)22-11-14/h2-11H,12H2,1H3. The molecule has 1 aliphatic heterocycles. The van der Waals surface area contributed by atoms with Gasteiger partial charge in [0, 0.05) is 40.9 Å². The molecule has 112 valence electrons. The molecule has 1 aliphatic rings. The van der Waals surface area contributed by atoms with E-state index in [-0.39, 0.29) is 0 Å². The number of methoxy groups -OCH3 is 1. The predicted octanol–water partition coefficient (Wildman–Crippen LogP) is 3.75. The van der Waals surface area contributed by atoms with E-state index in [0.29, 0.717) is 6.54 Å². The van der Waals surface area contributed by atoms with Crippen molar-refractivity contribution in [2.24, 2.45) is 4.99 Å². The molecule has 1 aromatic carbocycles. The fraction of sp³-hybridized carbons (Fsp3) is 0.105. The largest absolute Gasteiger partial charge is 0.497 e. The van der Waals surface area contributed by atoms with Gasteiger partial charge >= 0.3 is 0 Å². The molecule has 3 heterocycles. The number of nitrogens with zero attached hydrogens (tertiary/aromatic N) is 3. The summed E-state index contributed by atoms with van der Waals surface area (Å²) in [6.45, 7) is 0.672. The molecule has 0 atom stereocenters. The van der Waals surface area contributed by atoms with Crippen LogP contribution in [0.15, 0.2) is 59.9 Å². The fourth-order valence-corrected chi connectivity index (χ4v) is 2.77. The highest BCUT2D eigenvalue weighted by Crippen LogP contribution is 2.32. The molecule has 0 fully saturated rings. The van der Waals surface area contributed by atoms with Gasteiger partial charge < -0.3 is 4.74 Å². The van der Waals surface area contributed by atoms with E-state index in [0.717, 1.165) is 39.4 Å². The second-order valence-electron chi connectivity index (χ2n) is 5.36. The van der Waals surface area contributed by atoms with Crippen LogP contribution in [0.1, 0.15) is 11.3 Å². The minimum absolute atomic E-state index is 0.672. The van der Waals surface area contributed by atoms with Gasteiger partial charge in [-0.25, -0.2) is 0 Å². The Morgan fingerprint density at radius 1 is 1.00 bits per heavy atom. The lowest BCUT2D eigenvalue weighted by Gasteiger charge is -2.10. The summed E-state index contributed by atoms with van der Waals surface area (Å²) in [5.41, 5.74) is 6.15. The second-order valence-corrected chi connectivity index (χ2v) is 5.36. The van der Waals surface area contributed by atoms with E-state index in [1.807, 2.05) is 42.7 Å². The summed E-state index contributed by atoms with van der Waals surface area (Å²) in [7, 11) is 1.67. The highest BCUT2D eigenvalue weighted by Gasteiger charge is 2.13. The molecule has 23 heavy (non-hydrogen) atoms. The van der Waals surface area contributed by atoms with E-state index < -0.39 is 0 Å². The average molecular weight is 301 g/mol. The van der Waals surface area contributed by atoms with E-state index in [1.54, 1.807) is 13.3 Å². The normalized spacial score (nSPS) is 12.2. The lowest BCUT2D eigenvalue weighted by molar-refractivity contribution is 0.415. The zero-order chi connectivity index (χ0) is 15.6. The van der Waals surface area contributed by atoms with E-state index in [9.17, 15) is 0 Å². The van der Waals surface area contributed by atoms with Crippen molar-refractivity contribution in [3.05, 3.63) is 66.1 Å². The quantitative estimate of drug-likeness (QED) is 0.740. The predicted molar refractivity (Wildman–Crippen MR) is 90.8 cm³/mol. The highest BCUT2D eigenvalue weighted by atomic mass is 16.5. The molecule has 3 aromatic rings. The van der Waals surface area contributed by atoms with Gasteiger partial charge in [0.05, 0.1) is 25.0 Å². The number of hydrogen-bond acceptors (Lipinski definition) is 4. The molecule has 0 N–H and O–H groups in total. The first kappa shape index (κ1) is 13.6. The fourth-order valence-electron chi connectivity index (χ4n) is 2.77. The van der Waals surface area contributed by atoms with Gasteiger partial charge in [-0.1, -0.05) is 18.2 Å². The van der Waals surface area contributed by atoms with Crippen molar-refractivity contribution < 1.29 is 4.74 Å². The molecule has 0 aliphatic carbocycles. The Labute approximate surface area is 134 Å². The zero-order valence-electron chi connectivity index (χ0n) is 12.7. The molecule has 0 spiro atoms. The number of fused-ring (bicyclic) bond motifs is 1. The first-order chi connectivity index (χ1) is 11.3. The van der Waals surface area contributed by atoms with Gasteiger partial charge in [0.2, 0.25) is 0 Å². The summed E-state index contributed by atoms with van der Waals surface area (Å²) in [6.07, 6.45) is 5.59. The Hall–Kier alpha value is -3.01. The summed E-state index contributed by atoms with van der Waals surface area (Å²) in [5.74, 6) is 0.818. The van der Waals surface area contributed by atoms with Gasteiger partial charge in [0.1, 0.15) is 5.75 Å². The van der Waals surface area contributed by atoms with Crippen molar-refractivity contribution in [3.63, 3.8) is 0 Å². The maximum absolute atomic E-state index is 5.32. The Balaban J connectivity index is 1.85. The van der Waals surface area contributed by atoms with Crippen LogP contribution in [0.4, 0.5) is 0 Å². The Morgan fingerprint density at radius 2 is 1.96 bits per heavy atom. The van der Waals surface area contributed by atoms with Crippen LogP contribution in [0.3, 0.4) is 0 Å². The summed E-state index contributed by atoms with van der Waals surface area (Å²) in [5, 5.41) is 0. The molecular weight excluding hydrogens is 286 g/mol. The summed E-state index contributed by atoms with van der Waals surface area (Å²) >= 11 is 0. The van der Waals surface area contributed by atoms with E-state index in [1.165, 1.54) is 0 Å². The molecule has 0 saturated carbocycles. The first-order valence-corrected chi connectivity index (χ1v) is 7.44. The molecule has 4 rings (SSSR count). The molecule has 0 unspecified atom stereocenters. The van der Waals surface area contributed by atoms with Crippen LogP contribution in [0, 0.1) is 0 Å². The van der Waals surface area contributed by atoms with Gasteiger partial charge in [0.25, 0.3) is 0 Å². The number of pyridine rings is 2. The average Bonchev–Trinajstić information content (AvgIpc) is 3.09. The number of ether oxygens (including phenoxy) is 1. The van der Waals surface area contributed by atoms with Crippen molar-refractivity contribution in [2.45, 2.75) is 6.54 Å². The molecular formula is C19H15N3O. The van der Waals surface area contributed by atoms with Gasteiger partial charge in [-0.05, 0) is 24.3 Å². The highest BCUT2D eigenvalue weighted by molar-refractivity contribution is 5.88. The third-order valence-corrected chi connectivity index (χ3v) is 3.94. The molecule has 0 saturated heterocycles. The number of aliphatic imine (C=N–C) groups is 1. The lowest BCUT2D eigenvalue weighted by atomic mass is 9.99. The van der Waals surface area contributed by atoms with Crippen molar-refractivity contribution in [2.75, 3.05) is 7.11 Å². The molecule has 4 heteroatoms. The van der Waals surface area contributed by atoms with Crippen LogP contribution >= 0.6 is 0 Å². The monoisotopic (exact) mass is 301 g/mol. The Bertz CT molecular complexity index is 903. The summed E-state index contributed by atoms with van der Waals surface area (Å²) < 4.78 is 5.32. The van der Waals surface area contributed by atoms with Crippen LogP contribution in [0.2, 0.25) is 0 Å². The van der Waals surface area contributed by atoms with Crippen LogP contribution in [0.5, 0.6) is 5.75 Å². The second kappa shape index (κ2) is 5.65. The SMILES string of the molecule is COc1cccc(-c2ncccc2-c2cnc3c(c2)C=NC3)c1. The van der Waals surface area contributed by atoms with Crippen molar-refractivity contribution >= 4 is 6.21 Å². The van der Waals surface area contributed by atoms with Gasteiger partial charge in [-0.3, -0.25) is 15.0 Å². The van der Waals surface area contributed by atoms with E-state index >= 15 is 0 Å². The topological polar surface area (TPSA) is 47.4 Å². The minimum atomic E-state index is 0.672. The third-order valence-electron chi connectivity index (χ3n) is 3.94. The molecule has 0 amide bonds.